The zero-order valence-electron chi connectivity index (χ0n) is 12.5. The Bertz CT molecular complexity index is 606. The number of furan rings is 1. The molecule has 0 aromatic carbocycles. The van der Waals surface area contributed by atoms with Crippen molar-refractivity contribution in [3.63, 3.8) is 0 Å². The maximum atomic E-state index is 10.3. The van der Waals surface area contributed by atoms with E-state index in [9.17, 15) is 5.11 Å². The topological polar surface area (TPSA) is 75.5 Å². The minimum absolute atomic E-state index is 0.336. The molecule has 0 spiro atoms. The third kappa shape index (κ3) is 2.94. The Hall–Kier alpha value is -1.66. The minimum atomic E-state index is -0.548. The van der Waals surface area contributed by atoms with E-state index in [1.54, 1.807) is 6.26 Å². The molecule has 1 aliphatic carbocycles. The zero-order valence-corrected chi connectivity index (χ0v) is 12.5. The lowest BCUT2D eigenvalue weighted by Crippen LogP contribution is -2.30. The van der Waals surface area contributed by atoms with Gasteiger partial charge in [0.05, 0.1) is 12.8 Å². The van der Waals surface area contributed by atoms with Crippen LogP contribution in [0.25, 0.3) is 0 Å². The minimum Gasteiger partial charge on any atom is -0.467 e. The molecule has 22 heavy (non-hydrogen) atoms. The van der Waals surface area contributed by atoms with Crippen molar-refractivity contribution in [2.45, 2.75) is 56.7 Å². The van der Waals surface area contributed by atoms with E-state index in [0.717, 1.165) is 31.1 Å². The molecule has 2 aromatic rings. The molecule has 2 aliphatic rings. The highest BCUT2D eigenvalue weighted by molar-refractivity contribution is 5.04. The van der Waals surface area contributed by atoms with E-state index in [-0.39, 0.29) is 0 Å². The van der Waals surface area contributed by atoms with Gasteiger partial charge in [-0.25, -0.2) is 0 Å². The van der Waals surface area contributed by atoms with E-state index in [1.807, 2.05) is 12.1 Å². The number of aromatic nitrogens is 2. The molecule has 0 radical (unpaired) electrons. The monoisotopic (exact) mass is 303 g/mol. The second-order valence-corrected chi connectivity index (χ2v) is 6.36. The summed E-state index contributed by atoms with van der Waals surface area (Å²) in [5, 5.41) is 14.4. The molecule has 0 amide bonds. The van der Waals surface area contributed by atoms with Crippen molar-refractivity contribution in [2.24, 2.45) is 0 Å². The lowest BCUT2D eigenvalue weighted by molar-refractivity contribution is 0.0984. The first kappa shape index (κ1) is 14.0. The first-order valence-corrected chi connectivity index (χ1v) is 8.07. The van der Waals surface area contributed by atoms with Crippen LogP contribution in [0.4, 0.5) is 0 Å². The van der Waals surface area contributed by atoms with E-state index in [0.29, 0.717) is 30.7 Å². The number of aliphatic hydroxyl groups is 1. The standard InChI is InChI=1S/C16H21N3O3/c20-13(14-4-2-8-21-14)9-12-3-1-7-19(12)10-15-17-16(22-18-15)11-5-6-11/h2,4,8,11-13,20H,1,3,5-7,9-10H2. The van der Waals surface area contributed by atoms with Gasteiger partial charge in [-0.1, -0.05) is 5.16 Å². The predicted molar refractivity (Wildman–Crippen MR) is 78.0 cm³/mol. The van der Waals surface area contributed by atoms with Gasteiger partial charge in [0.15, 0.2) is 5.82 Å². The van der Waals surface area contributed by atoms with Gasteiger partial charge >= 0.3 is 0 Å². The molecule has 4 rings (SSSR count). The van der Waals surface area contributed by atoms with Gasteiger partial charge in [0, 0.05) is 12.0 Å². The number of aliphatic hydroxyl groups excluding tert-OH is 1. The normalized spacial score (nSPS) is 24.0. The van der Waals surface area contributed by atoms with Crippen molar-refractivity contribution in [2.75, 3.05) is 6.54 Å². The molecule has 3 heterocycles. The molecular weight excluding hydrogens is 282 g/mol. The first-order valence-electron chi connectivity index (χ1n) is 8.07. The molecule has 1 saturated heterocycles. The molecule has 6 nitrogen and oxygen atoms in total. The van der Waals surface area contributed by atoms with E-state index >= 15 is 0 Å². The van der Waals surface area contributed by atoms with Crippen LogP contribution in [0.15, 0.2) is 27.3 Å². The van der Waals surface area contributed by atoms with Crippen molar-refractivity contribution in [3.05, 3.63) is 35.9 Å². The lowest BCUT2D eigenvalue weighted by atomic mass is 10.1. The van der Waals surface area contributed by atoms with E-state index in [4.69, 9.17) is 8.94 Å². The number of hydrogen-bond donors (Lipinski definition) is 1. The Morgan fingerprint density at radius 2 is 2.27 bits per heavy atom. The number of rotatable bonds is 6. The van der Waals surface area contributed by atoms with Gasteiger partial charge in [0.25, 0.3) is 0 Å². The van der Waals surface area contributed by atoms with Crippen LogP contribution in [-0.2, 0) is 6.54 Å². The first-order chi connectivity index (χ1) is 10.8. The van der Waals surface area contributed by atoms with Gasteiger partial charge in [0.1, 0.15) is 11.9 Å². The Labute approximate surface area is 129 Å². The Balaban J connectivity index is 1.37. The van der Waals surface area contributed by atoms with Gasteiger partial charge in [-0.15, -0.1) is 0 Å². The molecule has 6 heteroatoms. The Morgan fingerprint density at radius 3 is 3.05 bits per heavy atom. The quantitative estimate of drug-likeness (QED) is 0.884. The highest BCUT2D eigenvalue weighted by Gasteiger charge is 2.32. The van der Waals surface area contributed by atoms with Crippen LogP contribution in [0.5, 0.6) is 0 Å². The molecule has 2 atom stereocenters. The fraction of sp³-hybridized carbons (Fsp3) is 0.625. The van der Waals surface area contributed by atoms with Crippen LogP contribution in [0.3, 0.4) is 0 Å². The van der Waals surface area contributed by atoms with Crippen molar-refractivity contribution in [3.8, 4) is 0 Å². The van der Waals surface area contributed by atoms with Gasteiger partial charge in [-0.2, -0.15) is 4.98 Å². The number of nitrogens with zero attached hydrogens (tertiary/aromatic N) is 3. The number of likely N-dealkylation sites (tertiary alicyclic amines) is 1. The van der Waals surface area contributed by atoms with E-state index in [1.165, 1.54) is 12.8 Å². The smallest absolute Gasteiger partial charge is 0.229 e. The summed E-state index contributed by atoms with van der Waals surface area (Å²) in [5.74, 6) is 2.70. The zero-order chi connectivity index (χ0) is 14.9. The van der Waals surface area contributed by atoms with Gasteiger partial charge in [0.2, 0.25) is 5.89 Å². The van der Waals surface area contributed by atoms with Crippen LogP contribution < -0.4 is 0 Å². The van der Waals surface area contributed by atoms with Gasteiger partial charge in [-0.3, -0.25) is 4.90 Å². The van der Waals surface area contributed by atoms with Crippen LogP contribution in [-0.4, -0.2) is 32.7 Å². The molecule has 0 bridgehead atoms. The summed E-state index contributed by atoms with van der Waals surface area (Å²) in [6, 6.07) is 3.97. The average molecular weight is 303 g/mol. The SMILES string of the molecule is OC(CC1CCCN1Cc1noc(C2CC2)n1)c1ccco1. The summed E-state index contributed by atoms with van der Waals surface area (Å²) >= 11 is 0. The van der Waals surface area contributed by atoms with Crippen LogP contribution in [0.2, 0.25) is 0 Å². The van der Waals surface area contributed by atoms with E-state index in [2.05, 4.69) is 15.0 Å². The maximum absolute atomic E-state index is 10.3. The van der Waals surface area contributed by atoms with Crippen LogP contribution in [0, 0.1) is 0 Å². The predicted octanol–water partition coefficient (Wildman–Crippen LogP) is 2.63. The van der Waals surface area contributed by atoms with Crippen molar-refractivity contribution in [1.29, 1.82) is 0 Å². The van der Waals surface area contributed by atoms with Gasteiger partial charge in [-0.05, 0) is 50.8 Å². The fourth-order valence-electron chi connectivity index (χ4n) is 3.23. The highest BCUT2D eigenvalue weighted by atomic mass is 16.5. The van der Waals surface area contributed by atoms with Crippen molar-refractivity contribution >= 4 is 0 Å². The number of hydrogen-bond acceptors (Lipinski definition) is 6. The second-order valence-electron chi connectivity index (χ2n) is 6.36. The molecule has 1 N–H and O–H groups in total. The summed E-state index contributed by atoms with van der Waals surface area (Å²) in [7, 11) is 0. The van der Waals surface area contributed by atoms with Crippen LogP contribution in [0.1, 0.15) is 61.6 Å². The summed E-state index contributed by atoms with van der Waals surface area (Å²) in [5.41, 5.74) is 0. The summed E-state index contributed by atoms with van der Waals surface area (Å²) < 4.78 is 10.6. The molecule has 1 saturated carbocycles. The molecule has 118 valence electrons. The third-order valence-electron chi connectivity index (χ3n) is 4.62. The van der Waals surface area contributed by atoms with Crippen molar-refractivity contribution < 1.29 is 14.0 Å². The summed E-state index contributed by atoms with van der Waals surface area (Å²) in [4.78, 5) is 6.84. The largest absolute Gasteiger partial charge is 0.467 e. The van der Waals surface area contributed by atoms with E-state index < -0.39 is 6.10 Å². The third-order valence-corrected chi connectivity index (χ3v) is 4.62. The molecule has 1 aliphatic heterocycles. The summed E-state index contributed by atoms with van der Waals surface area (Å²) in [6.07, 6.45) is 6.30. The fourth-order valence-corrected chi connectivity index (χ4v) is 3.23. The maximum Gasteiger partial charge on any atom is 0.229 e. The summed E-state index contributed by atoms with van der Waals surface area (Å²) in [6.45, 7) is 1.72. The molecule has 2 unspecified atom stereocenters. The lowest BCUT2D eigenvalue weighted by Gasteiger charge is -2.24. The second kappa shape index (κ2) is 5.85. The van der Waals surface area contributed by atoms with Crippen LogP contribution >= 0.6 is 0 Å². The average Bonchev–Trinajstić information content (AvgIpc) is 2.97. The Kier molecular flexibility index (Phi) is 3.72. The van der Waals surface area contributed by atoms with Gasteiger partial charge < -0.3 is 14.0 Å². The van der Waals surface area contributed by atoms with Crippen molar-refractivity contribution in [1.82, 2.24) is 15.0 Å². The Morgan fingerprint density at radius 1 is 1.36 bits per heavy atom. The molecule has 2 aromatic heterocycles. The highest BCUT2D eigenvalue weighted by Crippen LogP contribution is 2.39. The molecular formula is C16H21N3O3. The molecule has 2 fully saturated rings.